The van der Waals surface area contributed by atoms with Crippen LogP contribution >= 0.6 is 0 Å². The van der Waals surface area contributed by atoms with Gasteiger partial charge in [0.15, 0.2) is 11.5 Å². The predicted octanol–water partition coefficient (Wildman–Crippen LogP) is -1.66. The van der Waals surface area contributed by atoms with E-state index in [2.05, 4.69) is 15.0 Å². The molecular formula is C7H5N3O2. The van der Waals surface area contributed by atoms with Crippen molar-refractivity contribution in [2.75, 3.05) is 0 Å². The van der Waals surface area contributed by atoms with E-state index in [0.717, 1.165) is 0 Å². The number of aromatic nitrogens is 2. The topological polar surface area (TPSA) is 75.4 Å². The smallest absolute Gasteiger partial charge is 0.332 e. The van der Waals surface area contributed by atoms with Gasteiger partial charge in [0.2, 0.25) is 0 Å². The largest absolute Gasteiger partial charge is 0.479 e. The maximum atomic E-state index is 10.5. The molecule has 0 bridgehead atoms. The first-order chi connectivity index (χ1) is 5.77. The third kappa shape index (κ3) is 0.952. The van der Waals surface area contributed by atoms with E-state index in [1.807, 2.05) is 0 Å². The van der Waals surface area contributed by atoms with Gasteiger partial charge >= 0.3 is 5.97 Å². The average molecular weight is 163 g/mol. The summed E-state index contributed by atoms with van der Waals surface area (Å²) in [7, 11) is 0. The van der Waals surface area contributed by atoms with E-state index in [0.29, 0.717) is 10.7 Å². The Hall–Kier alpha value is -1.78. The molecule has 0 saturated carbocycles. The SMILES string of the molecule is O=C(O)[C@H]1C=c2cncnc2=N1. The molecule has 2 rings (SSSR count). The Labute approximate surface area is 67.1 Å². The molecule has 5 heteroatoms. The van der Waals surface area contributed by atoms with Crippen LogP contribution < -0.4 is 10.7 Å². The van der Waals surface area contributed by atoms with Crippen LogP contribution in [0.25, 0.3) is 6.08 Å². The number of carboxylic acid groups (broad SMARTS) is 1. The molecule has 1 aromatic heterocycles. The molecule has 0 aliphatic carbocycles. The van der Waals surface area contributed by atoms with Gasteiger partial charge < -0.3 is 5.11 Å². The van der Waals surface area contributed by atoms with E-state index in [1.54, 1.807) is 6.20 Å². The second kappa shape index (κ2) is 2.37. The van der Waals surface area contributed by atoms with E-state index in [-0.39, 0.29) is 0 Å². The van der Waals surface area contributed by atoms with Crippen LogP contribution in [0.15, 0.2) is 17.5 Å². The molecule has 0 radical (unpaired) electrons. The lowest BCUT2D eigenvalue weighted by atomic mass is 10.3. The molecular weight excluding hydrogens is 158 g/mol. The van der Waals surface area contributed by atoms with Crippen LogP contribution in [0, 0.1) is 0 Å². The molecule has 1 atom stereocenters. The third-order valence-electron chi connectivity index (χ3n) is 1.57. The predicted molar refractivity (Wildman–Crippen MR) is 38.7 cm³/mol. The van der Waals surface area contributed by atoms with E-state index >= 15 is 0 Å². The van der Waals surface area contributed by atoms with Gasteiger partial charge in [-0.1, -0.05) is 0 Å². The normalized spacial score (nSPS) is 19.2. The van der Waals surface area contributed by atoms with Crippen molar-refractivity contribution in [2.24, 2.45) is 4.99 Å². The Bertz CT molecular complexity index is 405. The molecule has 0 aromatic carbocycles. The lowest BCUT2D eigenvalue weighted by Gasteiger charge is -1.91. The molecule has 1 aliphatic rings. The zero-order valence-electron chi connectivity index (χ0n) is 6.01. The highest BCUT2D eigenvalue weighted by atomic mass is 16.4. The number of nitrogens with zero attached hydrogens (tertiary/aromatic N) is 3. The zero-order chi connectivity index (χ0) is 8.55. The summed E-state index contributed by atoms with van der Waals surface area (Å²) in [6.45, 7) is 0. The number of carboxylic acids is 1. The van der Waals surface area contributed by atoms with Crippen molar-refractivity contribution < 1.29 is 9.90 Å². The summed E-state index contributed by atoms with van der Waals surface area (Å²) in [6, 6.07) is -0.795. The van der Waals surface area contributed by atoms with Gasteiger partial charge in [-0.2, -0.15) is 0 Å². The number of hydrogen-bond donors (Lipinski definition) is 1. The molecule has 1 aliphatic heterocycles. The van der Waals surface area contributed by atoms with E-state index in [9.17, 15) is 4.79 Å². The van der Waals surface area contributed by atoms with Gasteiger partial charge in [-0.3, -0.25) is 0 Å². The van der Waals surface area contributed by atoms with Crippen LogP contribution in [-0.4, -0.2) is 27.1 Å². The lowest BCUT2D eigenvalue weighted by Crippen LogP contribution is -2.25. The summed E-state index contributed by atoms with van der Waals surface area (Å²) < 4.78 is 0. The molecule has 1 aromatic rings. The number of hydrogen-bond acceptors (Lipinski definition) is 4. The summed E-state index contributed by atoms with van der Waals surface area (Å²) >= 11 is 0. The second-order valence-electron chi connectivity index (χ2n) is 2.38. The minimum atomic E-state index is -0.965. The van der Waals surface area contributed by atoms with Crippen LogP contribution in [-0.2, 0) is 4.79 Å². The highest BCUT2D eigenvalue weighted by molar-refractivity contribution is 5.81. The van der Waals surface area contributed by atoms with E-state index < -0.39 is 12.0 Å². The Morgan fingerprint density at radius 3 is 3.08 bits per heavy atom. The summed E-state index contributed by atoms with van der Waals surface area (Å²) in [5, 5.41) is 9.30. The van der Waals surface area contributed by atoms with Gasteiger partial charge in [0.25, 0.3) is 0 Å². The molecule has 0 spiro atoms. The number of rotatable bonds is 1. The number of carbonyl (C=O) groups is 1. The second-order valence-corrected chi connectivity index (χ2v) is 2.38. The Morgan fingerprint density at radius 1 is 1.58 bits per heavy atom. The summed E-state index contributed by atoms with van der Waals surface area (Å²) in [4.78, 5) is 21.9. The van der Waals surface area contributed by atoms with Gasteiger partial charge in [-0.05, 0) is 6.08 Å². The van der Waals surface area contributed by atoms with Crippen LogP contribution in [0.3, 0.4) is 0 Å². The van der Waals surface area contributed by atoms with Gasteiger partial charge in [-0.15, -0.1) is 0 Å². The van der Waals surface area contributed by atoms with Crippen LogP contribution in [0.1, 0.15) is 0 Å². The van der Waals surface area contributed by atoms with Gasteiger partial charge in [0, 0.05) is 11.4 Å². The van der Waals surface area contributed by atoms with Crippen molar-refractivity contribution in [3.05, 3.63) is 23.2 Å². The Balaban J connectivity index is 2.60. The summed E-state index contributed by atoms with van der Waals surface area (Å²) in [5.41, 5.74) is 0.456. The molecule has 0 amide bonds. The Morgan fingerprint density at radius 2 is 2.42 bits per heavy atom. The van der Waals surface area contributed by atoms with Crippen molar-refractivity contribution >= 4 is 12.0 Å². The van der Waals surface area contributed by atoms with Crippen LogP contribution in [0.5, 0.6) is 0 Å². The van der Waals surface area contributed by atoms with Crippen molar-refractivity contribution in [1.29, 1.82) is 0 Å². The Kier molecular flexibility index (Phi) is 1.36. The van der Waals surface area contributed by atoms with Crippen molar-refractivity contribution in [3.63, 3.8) is 0 Å². The molecule has 1 N–H and O–H groups in total. The van der Waals surface area contributed by atoms with E-state index in [1.165, 1.54) is 12.4 Å². The highest BCUT2D eigenvalue weighted by Gasteiger charge is 2.16. The minimum Gasteiger partial charge on any atom is -0.479 e. The average Bonchev–Trinajstić information content (AvgIpc) is 2.46. The fourth-order valence-corrected chi connectivity index (χ4v) is 1.02. The molecule has 0 saturated heterocycles. The summed E-state index contributed by atoms with van der Waals surface area (Å²) in [5.74, 6) is -0.965. The van der Waals surface area contributed by atoms with E-state index in [4.69, 9.17) is 5.11 Å². The third-order valence-corrected chi connectivity index (χ3v) is 1.57. The van der Waals surface area contributed by atoms with Gasteiger partial charge in [0.05, 0.1) is 0 Å². The first-order valence-electron chi connectivity index (χ1n) is 3.36. The van der Waals surface area contributed by atoms with Crippen LogP contribution in [0.4, 0.5) is 0 Å². The van der Waals surface area contributed by atoms with Crippen molar-refractivity contribution in [3.8, 4) is 0 Å². The first-order valence-corrected chi connectivity index (χ1v) is 3.36. The zero-order valence-corrected chi connectivity index (χ0v) is 6.01. The molecule has 2 heterocycles. The fourth-order valence-electron chi connectivity index (χ4n) is 1.02. The fraction of sp³-hybridized carbons (Fsp3) is 0.143. The highest BCUT2D eigenvalue weighted by Crippen LogP contribution is 1.93. The number of aliphatic carboxylic acids is 1. The van der Waals surface area contributed by atoms with Crippen molar-refractivity contribution in [1.82, 2.24) is 9.97 Å². The molecule has 12 heavy (non-hydrogen) atoms. The van der Waals surface area contributed by atoms with Gasteiger partial charge in [-0.25, -0.2) is 19.8 Å². The monoisotopic (exact) mass is 163 g/mol. The maximum Gasteiger partial charge on any atom is 0.332 e. The van der Waals surface area contributed by atoms with Crippen molar-refractivity contribution in [2.45, 2.75) is 6.04 Å². The molecule has 5 nitrogen and oxygen atoms in total. The van der Waals surface area contributed by atoms with Crippen LogP contribution in [0.2, 0.25) is 0 Å². The van der Waals surface area contributed by atoms with Gasteiger partial charge in [0.1, 0.15) is 6.33 Å². The lowest BCUT2D eigenvalue weighted by molar-refractivity contribution is -0.136. The standard InChI is InChI=1S/C7H5N3O2/c11-7(12)5-1-4-2-8-3-9-6(4)10-5/h1-3,5H,(H,11,12)/t5-/m1/s1. The first kappa shape index (κ1) is 6.90. The molecule has 60 valence electrons. The summed E-state index contributed by atoms with van der Waals surface area (Å²) in [6.07, 6.45) is 4.42. The number of fused-ring (bicyclic) bond motifs is 1. The minimum absolute atomic E-state index is 0.456. The quantitative estimate of drug-likeness (QED) is 0.537. The molecule has 0 fully saturated rings. The molecule has 0 unspecified atom stereocenters. The maximum absolute atomic E-state index is 10.5.